The van der Waals surface area contributed by atoms with Crippen LogP contribution in [0.5, 0.6) is 0 Å². The number of benzene rings is 1. The van der Waals surface area contributed by atoms with Crippen LogP contribution in [0.3, 0.4) is 0 Å². The predicted molar refractivity (Wildman–Crippen MR) is 132 cm³/mol. The van der Waals surface area contributed by atoms with Gasteiger partial charge >= 0.3 is 13.9 Å². The first-order chi connectivity index (χ1) is 16.4. The fourth-order valence-electron chi connectivity index (χ4n) is 3.16. The van der Waals surface area contributed by atoms with E-state index in [1.807, 2.05) is 37.3 Å². The van der Waals surface area contributed by atoms with Crippen molar-refractivity contribution >= 4 is 19.4 Å². The number of rotatable bonds is 12. The Morgan fingerprint density at radius 2 is 1.74 bits per heavy atom. The zero-order valence-electron chi connectivity index (χ0n) is 20.1. The summed E-state index contributed by atoms with van der Waals surface area (Å²) in [7, 11) is -2.98. The molecule has 0 aliphatic rings. The van der Waals surface area contributed by atoms with Gasteiger partial charge < -0.3 is 18.7 Å². The molecule has 0 radical (unpaired) electrons. The fraction of sp³-hybridized carbons (Fsp3) is 0.522. The van der Waals surface area contributed by atoms with Gasteiger partial charge in [-0.2, -0.15) is 0 Å². The second-order valence-electron chi connectivity index (χ2n) is 7.64. The first-order valence-corrected chi connectivity index (χ1v) is 12.9. The molecule has 2 heterocycles. The highest BCUT2D eigenvalue weighted by Gasteiger charge is 2.18. The minimum Gasteiger partial charge on any atom is -0.361 e. The molecule has 0 aliphatic heterocycles. The highest BCUT2D eigenvalue weighted by atomic mass is 31.1. The molecule has 0 aliphatic carbocycles. The molecule has 0 saturated carbocycles. The Labute approximate surface area is 199 Å². The Bertz CT molecular complexity index is 1150. The van der Waals surface area contributed by atoms with Gasteiger partial charge in [-0.05, 0) is 25.3 Å². The number of hydrogen-bond donors (Lipinski definition) is 1. The second kappa shape index (κ2) is 14.7. The molecule has 0 amide bonds. The van der Waals surface area contributed by atoms with Gasteiger partial charge in [-0.1, -0.05) is 57.0 Å². The van der Waals surface area contributed by atoms with Gasteiger partial charge in [0, 0.05) is 13.2 Å². The van der Waals surface area contributed by atoms with Crippen LogP contribution in [0.25, 0.3) is 11.2 Å². The van der Waals surface area contributed by atoms with Crippen LogP contribution < -0.4 is 11.2 Å². The summed E-state index contributed by atoms with van der Waals surface area (Å²) in [6, 6.07) is 9.46. The smallest absolute Gasteiger partial charge is 0.333 e. The van der Waals surface area contributed by atoms with Crippen molar-refractivity contribution in [2.75, 3.05) is 13.2 Å². The lowest BCUT2D eigenvalue weighted by Crippen LogP contribution is -2.41. The molecule has 1 N–H and O–H groups in total. The zero-order chi connectivity index (χ0) is 24.9. The average molecular weight is 495 g/mol. The van der Waals surface area contributed by atoms with E-state index in [1.165, 1.54) is 28.3 Å². The summed E-state index contributed by atoms with van der Waals surface area (Å²) < 4.78 is 25.0. The molecule has 3 rings (SSSR count). The Hall–Kier alpha value is -2.52. The normalized spacial score (nSPS) is 11.9. The lowest BCUT2D eigenvalue weighted by molar-refractivity contribution is 0.0903. The third-order valence-electron chi connectivity index (χ3n) is 5.10. The van der Waals surface area contributed by atoms with E-state index in [-0.39, 0.29) is 26.4 Å². The molecule has 0 fully saturated rings. The van der Waals surface area contributed by atoms with E-state index in [0.29, 0.717) is 30.6 Å². The number of hydrogen-bond acceptors (Lipinski definition) is 6. The molecule has 34 heavy (non-hydrogen) atoms. The van der Waals surface area contributed by atoms with Gasteiger partial charge in [-0.15, -0.1) is 0 Å². The zero-order valence-corrected chi connectivity index (χ0v) is 21.1. The molecule has 1 atom stereocenters. The minimum absolute atomic E-state index is 0.0891. The number of unbranched alkanes of at least 4 members (excludes halogenated alkanes) is 2. The van der Waals surface area contributed by atoms with Crippen LogP contribution in [0.1, 0.15) is 52.0 Å². The van der Waals surface area contributed by atoms with Crippen molar-refractivity contribution in [1.29, 1.82) is 0 Å². The van der Waals surface area contributed by atoms with Crippen molar-refractivity contribution in [2.24, 2.45) is 0 Å². The Morgan fingerprint density at radius 3 is 2.35 bits per heavy atom. The first kappa shape index (κ1) is 27.7. The standard InChI is InChI=1S/C19H25N4O6P.C4H10/c1-2-28-14-21-13-20-17-16(21)18(24)22(10-6-7-11-29-30(26)27)19(25)23(17)12-15-8-4-3-5-9-15;1-3-4-2/h3-5,8-9,13,30H,2,6-7,10-12,14H2,1H3,(H,26,27);3-4H2,1-2H3. The monoisotopic (exact) mass is 494 g/mol. The van der Waals surface area contributed by atoms with Gasteiger partial charge in [0.2, 0.25) is 0 Å². The van der Waals surface area contributed by atoms with E-state index in [1.54, 1.807) is 4.57 Å². The molecule has 2 aromatic heterocycles. The maximum Gasteiger partial charge on any atom is 0.333 e. The molecule has 3 aromatic rings. The molecule has 0 spiro atoms. The highest BCUT2D eigenvalue weighted by molar-refractivity contribution is 7.32. The van der Waals surface area contributed by atoms with Gasteiger partial charge in [-0.3, -0.25) is 18.5 Å². The van der Waals surface area contributed by atoms with Crippen LogP contribution in [-0.2, 0) is 33.6 Å². The topological polar surface area (TPSA) is 118 Å². The molecule has 0 saturated heterocycles. The van der Waals surface area contributed by atoms with Crippen LogP contribution in [0, 0.1) is 0 Å². The van der Waals surface area contributed by atoms with Gasteiger partial charge in [0.25, 0.3) is 5.56 Å². The van der Waals surface area contributed by atoms with E-state index in [0.717, 1.165) is 5.56 Å². The Balaban J connectivity index is 0.000000945. The number of ether oxygens (including phenoxy) is 1. The third kappa shape index (κ3) is 7.77. The quantitative estimate of drug-likeness (QED) is 0.303. The SMILES string of the molecule is CCCC.CCOCn1cnc2c1c(=O)n(CCCCO[PH](=O)O)c(=O)n2Cc1ccccc1. The van der Waals surface area contributed by atoms with Crippen molar-refractivity contribution in [3.63, 3.8) is 0 Å². The molecule has 188 valence electrons. The van der Waals surface area contributed by atoms with Crippen molar-refractivity contribution in [3.8, 4) is 0 Å². The van der Waals surface area contributed by atoms with Crippen molar-refractivity contribution < 1.29 is 18.7 Å². The first-order valence-electron chi connectivity index (χ1n) is 11.6. The van der Waals surface area contributed by atoms with Gasteiger partial charge in [0.1, 0.15) is 6.73 Å². The van der Waals surface area contributed by atoms with E-state index < -0.39 is 19.5 Å². The molecule has 1 unspecified atom stereocenters. The molecule has 10 nitrogen and oxygen atoms in total. The predicted octanol–water partition coefficient (Wildman–Crippen LogP) is 3.39. The molecule has 1 aromatic carbocycles. The number of nitrogens with zero attached hydrogens (tertiary/aromatic N) is 4. The number of fused-ring (bicyclic) bond motifs is 1. The van der Waals surface area contributed by atoms with E-state index in [4.69, 9.17) is 9.63 Å². The number of aromatic nitrogens is 4. The highest BCUT2D eigenvalue weighted by Crippen LogP contribution is 2.15. The van der Waals surface area contributed by atoms with Crippen LogP contribution in [0.4, 0.5) is 0 Å². The van der Waals surface area contributed by atoms with Crippen LogP contribution in [0.2, 0.25) is 0 Å². The summed E-state index contributed by atoms with van der Waals surface area (Å²) in [5, 5.41) is 0. The maximum atomic E-state index is 13.1. The summed E-state index contributed by atoms with van der Waals surface area (Å²) in [6.07, 6.45) is 5.03. The van der Waals surface area contributed by atoms with Crippen LogP contribution >= 0.6 is 8.25 Å². The fourth-order valence-corrected chi connectivity index (χ4v) is 3.48. The van der Waals surface area contributed by atoms with Crippen molar-refractivity contribution in [1.82, 2.24) is 18.7 Å². The minimum atomic E-state index is -2.98. The summed E-state index contributed by atoms with van der Waals surface area (Å²) in [4.78, 5) is 39.3. The maximum absolute atomic E-state index is 13.1. The molecular weight excluding hydrogens is 459 g/mol. The number of imidazole rings is 1. The van der Waals surface area contributed by atoms with Gasteiger partial charge in [0.15, 0.2) is 11.2 Å². The summed E-state index contributed by atoms with van der Waals surface area (Å²) in [6.45, 7) is 7.38. The Kier molecular flexibility index (Phi) is 12.0. The van der Waals surface area contributed by atoms with Crippen LogP contribution in [-0.4, -0.2) is 36.8 Å². The molecular formula is C23H35N4O6P. The van der Waals surface area contributed by atoms with Gasteiger partial charge in [-0.25, -0.2) is 9.78 Å². The summed E-state index contributed by atoms with van der Waals surface area (Å²) in [5.41, 5.74) is 0.637. The average Bonchev–Trinajstić information content (AvgIpc) is 3.26. The lowest BCUT2D eigenvalue weighted by atomic mass is 10.2. The van der Waals surface area contributed by atoms with Gasteiger partial charge in [0.05, 0.1) is 19.5 Å². The van der Waals surface area contributed by atoms with Crippen molar-refractivity contribution in [2.45, 2.75) is 66.3 Å². The second-order valence-corrected chi connectivity index (χ2v) is 8.46. The molecule has 11 heteroatoms. The van der Waals surface area contributed by atoms with E-state index in [2.05, 4.69) is 23.4 Å². The summed E-state index contributed by atoms with van der Waals surface area (Å²) >= 11 is 0. The summed E-state index contributed by atoms with van der Waals surface area (Å²) in [5.74, 6) is 0. The molecule has 0 bridgehead atoms. The third-order valence-corrected chi connectivity index (χ3v) is 5.55. The van der Waals surface area contributed by atoms with E-state index >= 15 is 0 Å². The lowest BCUT2D eigenvalue weighted by Gasteiger charge is -2.13. The van der Waals surface area contributed by atoms with E-state index in [9.17, 15) is 14.2 Å². The largest absolute Gasteiger partial charge is 0.361 e. The van der Waals surface area contributed by atoms with Crippen LogP contribution in [0.15, 0.2) is 46.2 Å². The van der Waals surface area contributed by atoms with Crippen molar-refractivity contribution in [3.05, 3.63) is 63.1 Å². The Morgan fingerprint density at radius 1 is 1.03 bits per heavy atom.